The Balaban J connectivity index is 1.63. The average molecular weight is 479 g/mol. The molecule has 0 aromatic heterocycles. The molecule has 0 aliphatic carbocycles. The number of carbonyl (C=O) groups is 1. The zero-order chi connectivity index (χ0) is 22.2. The van der Waals surface area contributed by atoms with Gasteiger partial charge in [-0.25, -0.2) is 12.8 Å². The first kappa shape index (κ1) is 21.8. The molecule has 31 heavy (non-hydrogen) atoms. The van der Waals surface area contributed by atoms with Crippen LogP contribution in [0.5, 0.6) is 0 Å². The molecule has 0 radical (unpaired) electrons. The van der Waals surface area contributed by atoms with Crippen LogP contribution in [0, 0.1) is 5.82 Å². The number of anilines is 1. The predicted molar refractivity (Wildman–Crippen MR) is 119 cm³/mol. The minimum absolute atomic E-state index is 0.157. The highest BCUT2D eigenvalue weighted by atomic mass is 35.5. The van der Waals surface area contributed by atoms with Crippen molar-refractivity contribution in [2.24, 2.45) is 0 Å². The number of fused-ring (bicyclic) bond motifs is 1. The second-order valence-electron chi connectivity index (χ2n) is 7.08. The van der Waals surface area contributed by atoms with Gasteiger partial charge in [-0.1, -0.05) is 47.5 Å². The van der Waals surface area contributed by atoms with Crippen LogP contribution in [0.4, 0.5) is 10.1 Å². The highest BCUT2D eigenvalue weighted by molar-refractivity contribution is 7.89. The van der Waals surface area contributed by atoms with Crippen LogP contribution < -0.4 is 5.32 Å². The van der Waals surface area contributed by atoms with Gasteiger partial charge in [0.25, 0.3) is 5.91 Å². The van der Waals surface area contributed by atoms with E-state index in [1.54, 1.807) is 6.07 Å². The number of hydrogen-bond acceptors (Lipinski definition) is 3. The fourth-order valence-electron chi connectivity index (χ4n) is 3.45. The Kier molecular flexibility index (Phi) is 6.03. The molecule has 0 spiro atoms. The topological polar surface area (TPSA) is 66.5 Å². The lowest BCUT2D eigenvalue weighted by molar-refractivity contribution is 0.102. The molecule has 0 bridgehead atoms. The van der Waals surface area contributed by atoms with Crippen molar-refractivity contribution in [1.29, 1.82) is 0 Å². The van der Waals surface area contributed by atoms with Crippen molar-refractivity contribution in [2.45, 2.75) is 17.9 Å². The molecule has 4 rings (SSSR count). The Labute approximate surface area is 189 Å². The van der Waals surface area contributed by atoms with E-state index in [0.717, 1.165) is 29.3 Å². The van der Waals surface area contributed by atoms with Crippen molar-refractivity contribution in [3.63, 3.8) is 0 Å². The van der Waals surface area contributed by atoms with Gasteiger partial charge in [-0.15, -0.1) is 0 Å². The molecular formula is C22H17Cl2FN2O3S. The third kappa shape index (κ3) is 4.45. The van der Waals surface area contributed by atoms with Crippen molar-refractivity contribution in [1.82, 2.24) is 4.31 Å². The lowest BCUT2D eigenvalue weighted by Crippen LogP contribution is -2.36. The summed E-state index contributed by atoms with van der Waals surface area (Å²) in [5.74, 6) is -1.68. The van der Waals surface area contributed by atoms with Gasteiger partial charge >= 0.3 is 0 Å². The van der Waals surface area contributed by atoms with Gasteiger partial charge in [-0.05, 0) is 53.9 Å². The largest absolute Gasteiger partial charge is 0.320 e. The first-order chi connectivity index (χ1) is 14.8. The zero-order valence-corrected chi connectivity index (χ0v) is 18.4. The fraction of sp³-hybridized carbons (Fsp3) is 0.136. The third-order valence-corrected chi connectivity index (χ3v) is 7.50. The number of carbonyl (C=O) groups excluding carboxylic acids is 1. The summed E-state index contributed by atoms with van der Waals surface area (Å²) in [6.45, 7) is 0.520. The average Bonchev–Trinajstić information content (AvgIpc) is 2.76. The summed E-state index contributed by atoms with van der Waals surface area (Å²) in [4.78, 5) is 12.5. The van der Waals surface area contributed by atoms with Crippen molar-refractivity contribution < 1.29 is 17.6 Å². The third-order valence-electron chi connectivity index (χ3n) is 5.09. The molecule has 0 saturated heterocycles. The van der Waals surface area contributed by atoms with Crippen LogP contribution in [0.2, 0.25) is 10.0 Å². The smallest absolute Gasteiger partial charge is 0.258 e. The summed E-state index contributed by atoms with van der Waals surface area (Å²) in [6.07, 6.45) is 0.581. The molecule has 1 amide bonds. The first-order valence-corrected chi connectivity index (χ1v) is 11.6. The maximum atomic E-state index is 14.4. The van der Waals surface area contributed by atoms with Gasteiger partial charge in [-0.3, -0.25) is 4.79 Å². The Morgan fingerprint density at radius 2 is 1.74 bits per heavy atom. The van der Waals surface area contributed by atoms with Crippen LogP contribution in [-0.2, 0) is 23.0 Å². The van der Waals surface area contributed by atoms with Crippen LogP contribution in [0.25, 0.3) is 0 Å². The second kappa shape index (κ2) is 8.59. The molecule has 5 nitrogen and oxygen atoms in total. The number of halogens is 3. The lowest BCUT2D eigenvalue weighted by Gasteiger charge is -2.28. The lowest BCUT2D eigenvalue weighted by atomic mass is 10.0. The maximum Gasteiger partial charge on any atom is 0.258 e. The summed E-state index contributed by atoms with van der Waals surface area (Å²) in [5, 5.41) is 3.03. The van der Waals surface area contributed by atoms with Gasteiger partial charge < -0.3 is 5.32 Å². The summed E-state index contributed by atoms with van der Waals surface area (Å²) in [7, 11) is -3.93. The van der Waals surface area contributed by atoms with Gasteiger partial charge in [0.2, 0.25) is 10.0 Å². The number of nitrogens with one attached hydrogen (secondary N) is 1. The van der Waals surface area contributed by atoms with Gasteiger partial charge in [-0.2, -0.15) is 4.31 Å². The fourth-order valence-corrected chi connectivity index (χ4v) is 5.23. The summed E-state index contributed by atoms with van der Waals surface area (Å²) in [6, 6.07) is 15.3. The Morgan fingerprint density at radius 3 is 2.52 bits per heavy atom. The quantitative estimate of drug-likeness (QED) is 0.564. The van der Waals surface area contributed by atoms with E-state index in [2.05, 4.69) is 5.32 Å². The second-order valence-corrected chi connectivity index (χ2v) is 9.86. The van der Waals surface area contributed by atoms with E-state index in [-0.39, 0.29) is 22.2 Å². The molecule has 1 aliphatic heterocycles. The molecule has 1 N–H and O–H groups in total. The van der Waals surface area contributed by atoms with E-state index in [1.165, 1.54) is 16.4 Å². The number of rotatable bonds is 4. The summed E-state index contributed by atoms with van der Waals surface area (Å²) in [5.41, 5.74) is 1.81. The van der Waals surface area contributed by atoms with Crippen molar-refractivity contribution in [3.05, 3.63) is 93.2 Å². The van der Waals surface area contributed by atoms with Crippen LogP contribution in [0.1, 0.15) is 21.5 Å². The van der Waals surface area contributed by atoms with E-state index >= 15 is 0 Å². The van der Waals surface area contributed by atoms with Gasteiger partial charge in [0.1, 0.15) is 5.82 Å². The Hall–Kier alpha value is -2.45. The summed E-state index contributed by atoms with van der Waals surface area (Å²) >= 11 is 12.0. The Morgan fingerprint density at radius 1 is 1.00 bits per heavy atom. The molecular weight excluding hydrogens is 462 g/mol. The number of amides is 1. The van der Waals surface area contributed by atoms with Gasteiger partial charge in [0.15, 0.2) is 0 Å². The number of nitrogens with zero attached hydrogens (tertiary/aromatic N) is 1. The normalized spacial score (nSPS) is 14.2. The van der Waals surface area contributed by atoms with Crippen LogP contribution >= 0.6 is 23.2 Å². The molecule has 9 heteroatoms. The van der Waals surface area contributed by atoms with Crippen molar-refractivity contribution >= 4 is 44.8 Å². The van der Waals surface area contributed by atoms with Gasteiger partial charge in [0, 0.05) is 18.1 Å². The zero-order valence-electron chi connectivity index (χ0n) is 16.1. The molecule has 3 aromatic rings. The SMILES string of the molecule is O=C(Nc1cc(Cl)ccc1Cl)c1cc(S(=O)(=O)N2CCc3ccccc3C2)ccc1F. The Bertz CT molecular complexity index is 1280. The first-order valence-electron chi connectivity index (χ1n) is 9.38. The number of hydrogen-bond donors (Lipinski definition) is 1. The molecule has 0 saturated carbocycles. The maximum absolute atomic E-state index is 14.4. The number of sulfonamides is 1. The number of benzene rings is 3. The van der Waals surface area contributed by atoms with E-state index < -0.39 is 27.3 Å². The molecule has 0 unspecified atom stereocenters. The molecule has 1 heterocycles. The molecule has 160 valence electrons. The molecule has 0 fully saturated rings. The summed E-state index contributed by atoms with van der Waals surface area (Å²) < 4.78 is 42.1. The predicted octanol–water partition coefficient (Wildman–Crippen LogP) is 5.13. The molecule has 1 aliphatic rings. The minimum Gasteiger partial charge on any atom is -0.320 e. The van der Waals surface area contributed by atoms with Gasteiger partial charge in [0.05, 0.1) is 21.2 Å². The van der Waals surface area contributed by atoms with Crippen LogP contribution in [0.3, 0.4) is 0 Å². The standard InChI is InChI=1S/C22H17Cl2FN2O3S/c23-16-5-7-19(24)21(11-16)26-22(28)18-12-17(6-8-20(18)25)31(29,30)27-10-9-14-3-1-2-4-15(14)13-27/h1-8,11-12H,9-10,13H2,(H,26,28). The van der Waals surface area contributed by atoms with E-state index in [1.807, 2.05) is 24.3 Å². The van der Waals surface area contributed by atoms with Crippen molar-refractivity contribution in [3.8, 4) is 0 Å². The van der Waals surface area contributed by atoms with E-state index in [4.69, 9.17) is 23.2 Å². The molecule has 3 aromatic carbocycles. The van der Waals surface area contributed by atoms with Crippen LogP contribution in [0.15, 0.2) is 65.6 Å². The van der Waals surface area contributed by atoms with E-state index in [9.17, 15) is 17.6 Å². The monoisotopic (exact) mass is 478 g/mol. The van der Waals surface area contributed by atoms with Crippen LogP contribution in [-0.4, -0.2) is 25.2 Å². The molecule has 0 atom stereocenters. The highest BCUT2D eigenvalue weighted by Crippen LogP contribution is 2.28. The minimum atomic E-state index is -3.93. The highest BCUT2D eigenvalue weighted by Gasteiger charge is 2.29. The van der Waals surface area contributed by atoms with E-state index in [0.29, 0.717) is 18.0 Å². The van der Waals surface area contributed by atoms with Crippen molar-refractivity contribution in [2.75, 3.05) is 11.9 Å².